The predicted octanol–water partition coefficient (Wildman–Crippen LogP) is 3.54. The first-order valence-electron chi connectivity index (χ1n) is 10.7. The lowest BCUT2D eigenvalue weighted by Crippen LogP contribution is -2.54. The van der Waals surface area contributed by atoms with Crippen LogP contribution in [0.2, 0.25) is 0 Å². The number of alkyl halides is 3. The van der Waals surface area contributed by atoms with Crippen LogP contribution in [0.4, 0.5) is 13.2 Å². The summed E-state index contributed by atoms with van der Waals surface area (Å²) in [7, 11) is 1.70. The van der Waals surface area contributed by atoms with Crippen LogP contribution in [0.25, 0.3) is 0 Å². The van der Waals surface area contributed by atoms with Gasteiger partial charge >= 0.3 is 12.1 Å². The molecule has 2 atom stereocenters. The number of halogens is 3. The van der Waals surface area contributed by atoms with Crippen LogP contribution in [0.15, 0.2) is 18.2 Å². The summed E-state index contributed by atoms with van der Waals surface area (Å²) < 4.78 is 37.1. The third-order valence-electron chi connectivity index (χ3n) is 6.61. The topological polar surface area (TPSA) is 87.7 Å². The predicted molar refractivity (Wildman–Crippen MR) is 108 cm³/mol. The molecule has 1 saturated carbocycles. The van der Waals surface area contributed by atoms with Crippen LogP contribution in [0, 0.1) is 0 Å². The summed E-state index contributed by atoms with van der Waals surface area (Å²) in [5, 5.41) is 14.2. The first kappa shape index (κ1) is 23.4. The van der Waals surface area contributed by atoms with Crippen LogP contribution in [0.3, 0.4) is 0 Å². The van der Waals surface area contributed by atoms with Crippen LogP contribution < -0.4 is 15.4 Å². The number of carbonyl (C=O) groups is 2. The van der Waals surface area contributed by atoms with E-state index in [1.807, 2.05) is 6.07 Å². The molecule has 2 aliphatic carbocycles. The summed E-state index contributed by atoms with van der Waals surface area (Å²) in [6, 6.07) is 6.48. The van der Waals surface area contributed by atoms with Crippen LogP contribution >= 0.6 is 0 Å². The largest absolute Gasteiger partial charge is 0.497 e. The van der Waals surface area contributed by atoms with Gasteiger partial charge in [-0.15, -0.1) is 0 Å². The second kappa shape index (κ2) is 9.46. The first-order valence-corrected chi connectivity index (χ1v) is 10.7. The van der Waals surface area contributed by atoms with E-state index in [1.165, 1.54) is 36.8 Å². The van der Waals surface area contributed by atoms with Gasteiger partial charge in [-0.2, -0.15) is 13.2 Å². The van der Waals surface area contributed by atoms with Gasteiger partial charge < -0.3 is 20.5 Å². The van der Waals surface area contributed by atoms with Crippen molar-refractivity contribution in [1.82, 2.24) is 10.6 Å². The number of aryl methyl sites for hydroxylation is 1. The van der Waals surface area contributed by atoms with Gasteiger partial charge in [-0.1, -0.05) is 18.9 Å². The molecule has 172 valence electrons. The highest BCUT2D eigenvalue weighted by atomic mass is 19.4. The fraction of sp³-hybridized carbons (Fsp3) is 0.636. The molecule has 9 heteroatoms. The fourth-order valence-corrected chi connectivity index (χ4v) is 5.07. The number of methoxy groups -OCH3 is 1. The molecular weight excluding hydrogens is 413 g/mol. The molecule has 31 heavy (non-hydrogen) atoms. The zero-order chi connectivity index (χ0) is 22.6. The average molecular weight is 442 g/mol. The van der Waals surface area contributed by atoms with E-state index in [0.717, 1.165) is 38.0 Å². The number of amides is 1. The molecule has 3 N–H and O–H groups in total. The summed E-state index contributed by atoms with van der Waals surface area (Å²) in [5.41, 5.74) is 2.65. The minimum absolute atomic E-state index is 0.00120. The van der Waals surface area contributed by atoms with Crippen molar-refractivity contribution in [1.29, 1.82) is 0 Å². The molecule has 3 aliphatic rings. The Hall–Kier alpha value is -2.29. The highest BCUT2D eigenvalue weighted by molar-refractivity contribution is 5.85. The van der Waals surface area contributed by atoms with Crippen LogP contribution in [-0.4, -0.2) is 48.4 Å². The van der Waals surface area contributed by atoms with E-state index >= 15 is 0 Å². The molecule has 1 aromatic rings. The number of aliphatic carboxylic acids is 1. The molecule has 1 heterocycles. The Bertz CT molecular complexity index is 801. The van der Waals surface area contributed by atoms with E-state index in [9.17, 15) is 18.0 Å². The third kappa shape index (κ3) is 5.31. The van der Waals surface area contributed by atoms with Crippen molar-refractivity contribution in [3.63, 3.8) is 0 Å². The van der Waals surface area contributed by atoms with Gasteiger partial charge in [0.25, 0.3) is 0 Å². The summed E-state index contributed by atoms with van der Waals surface area (Å²) in [6.45, 7) is 1.03. The van der Waals surface area contributed by atoms with Gasteiger partial charge in [-0.05, 0) is 68.3 Å². The zero-order valence-corrected chi connectivity index (χ0v) is 17.6. The maximum atomic E-state index is 13.0. The quantitative estimate of drug-likeness (QED) is 0.667. The van der Waals surface area contributed by atoms with Crippen molar-refractivity contribution >= 4 is 11.9 Å². The summed E-state index contributed by atoms with van der Waals surface area (Å²) >= 11 is 0. The van der Waals surface area contributed by atoms with Gasteiger partial charge in [-0.25, -0.2) is 4.79 Å². The molecule has 0 bridgehead atoms. The number of carbonyl (C=O) groups excluding carboxylic acids is 1. The molecule has 1 spiro atoms. The standard InChI is InChI=1S/C20H28N2O2.C2HF3O2/c1-24-15-7-8-16-14(13-15)5-4-6-17(16)19(23)22-18-9-12-21-20(18)10-2-3-11-20;3-2(4,5)1(6)7/h7-8,13,17-18,21H,2-6,9-12H2,1H3,(H,22,23);(H,6,7). The molecule has 1 aliphatic heterocycles. The summed E-state index contributed by atoms with van der Waals surface area (Å²) in [4.78, 5) is 21.9. The average Bonchev–Trinajstić information content (AvgIpc) is 3.37. The van der Waals surface area contributed by atoms with E-state index in [-0.39, 0.29) is 17.4 Å². The minimum atomic E-state index is -5.08. The number of hydrogen-bond acceptors (Lipinski definition) is 4. The highest BCUT2D eigenvalue weighted by Crippen LogP contribution is 2.38. The normalized spacial score (nSPS) is 24.1. The molecule has 6 nitrogen and oxygen atoms in total. The first-order chi connectivity index (χ1) is 14.7. The van der Waals surface area contributed by atoms with Crippen molar-refractivity contribution in [2.45, 2.75) is 75.0 Å². The van der Waals surface area contributed by atoms with Gasteiger partial charge in [-0.3, -0.25) is 4.79 Å². The highest BCUT2D eigenvalue weighted by Gasteiger charge is 2.45. The maximum Gasteiger partial charge on any atom is 0.490 e. The Kier molecular flexibility index (Phi) is 7.13. The Balaban J connectivity index is 0.000000339. The number of carboxylic acids is 1. The van der Waals surface area contributed by atoms with Gasteiger partial charge in [0.1, 0.15) is 5.75 Å². The number of hydrogen-bond donors (Lipinski definition) is 3. The Morgan fingerprint density at radius 1 is 1.19 bits per heavy atom. The van der Waals surface area contributed by atoms with E-state index in [0.29, 0.717) is 6.04 Å². The Labute approximate surface area is 179 Å². The number of ether oxygens (including phenoxy) is 1. The Morgan fingerprint density at radius 3 is 2.48 bits per heavy atom. The molecule has 1 amide bonds. The molecule has 4 rings (SSSR count). The van der Waals surface area contributed by atoms with E-state index < -0.39 is 12.1 Å². The minimum Gasteiger partial charge on any atom is -0.497 e. The van der Waals surface area contributed by atoms with E-state index in [4.69, 9.17) is 14.6 Å². The smallest absolute Gasteiger partial charge is 0.490 e. The van der Waals surface area contributed by atoms with Crippen molar-refractivity contribution in [2.75, 3.05) is 13.7 Å². The molecular formula is C22H29F3N2O4. The number of benzene rings is 1. The number of carboxylic acid groups (broad SMARTS) is 1. The van der Waals surface area contributed by atoms with Gasteiger partial charge in [0.05, 0.1) is 13.0 Å². The fourth-order valence-electron chi connectivity index (χ4n) is 5.07. The SMILES string of the molecule is COc1ccc2c(c1)CCCC2C(=O)NC1CCNC12CCCC2.O=C(O)C(F)(F)F. The molecule has 2 unspecified atom stereocenters. The lowest BCUT2D eigenvalue weighted by atomic mass is 9.81. The molecule has 1 saturated heterocycles. The van der Waals surface area contributed by atoms with E-state index in [1.54, 1.807) is 7.11 Å². The number of fused-ring (bicyclic) bond motifs is 1. The zero-order valence-electron chi connectivity index (χ0n) is 17.6. The number of nitrogens with one attached hydrogen (secondary N) is 2. The lowest BCUT2D eigenvalue weighted by Gasteiger charge is -2.34. The van der Waals surface area contributed by atoms with Crippen molar-refractivity contribution in [3.05, 3.63) is 29.3 Å². The summed E-state index contributed by atoms with van der Waals surface area (Å²) in [6.07, 6.45) is 4.04. The second-order valence-corrected chi connectivity index (χ2v) is 8.45. The number of rotatable bonds is 3. The monoisotopic (exact) mass is 442 g/mol. The third-order valence-corrected chi connectivity index (χ3v) is 6.61. The van der Waals surface area contributed by atoms with Crippen molar-refractivity contribution in [3.8, 4) is 5.75 Å². The van der Waals surface area contributed by atoms with Crippen LogP contribution in [0.1, 0.15) is 62.0 Å². The van der Waals surface area contributed by atoms with Crippen molar-refractivity contribution < 1.29 is 32.6 Å². The van der Waals surface area contributed by atoms with Crippen molar-refractivity contribution in [2.24, 2.45) is 0 Å². The summed E-state index contributed by atoms with van der Waals surface area (Å²) in [5.74, 6) is -1.65. The van der Waals surface area contributed by atoms with E-state index in [2.05, 4.69) is 22.8 Å². The van der Waals surface area contributed by atoms with Crippen LogP contribution in [0.5, 0.6) is 5.75 Å². The van der Waals surface area contributed by atoms with Crippen LogP contribution in [-0.2, 0) is 16.0 Å². The molecule has 1 aromatic carbocycles. The molecule has 0 radical (unpaired) electrons. The van der Waals surface area contributed by atoms with Gasteiger partial charge in [0.15, 0.2) is 0 Å². The van der Waals surface area contributed by atoms with Gasteiger partial charge in [0.2, 0.25) is 5.91 Å². The second-order valence-electron chi connectivity index (χ2n) is 8.45. The molecule has 2 fully saturated rings. The lowest BCUT2D eigenvalue weighted by molar-refractivity contribution is -0.192. The Morgan fingerprint density at radius 2 is 1.87 bits per heavy atom. The van der Waals surface area contributed by atoms with Gasteiger partial charge in [0, 0.05) is 11.6 Å². The molecule has 0 aromatic heterocycles. The maximum absolute atomic E-state index is 13.0.